The summed E-state index contributed by atoms with van der Waals surface area (Å²) in [6.45, 7) is -0.250. The molecule has 0 aliphatic heterocycles. The number of carbonyl (C=O) groups excluding carboxylic acids is 1. The van der Waals surface area contributed by atoms with Crippen LogP contribution < -0.4 is 20.9 Å². The molecule has 3 aromatic rings. The summed E-state index contributed by atoms with van der Waals surface area (Å²) in [5, 5.41) is 16.6. The lowest BCUT2D eigenvalue weighted by Crippen LogP contribution is -2.10. The lowest BCUT2D eigenvalue weighted by Gasteiger charge is -2.13. The topological polar surface area (TPSA) is 162 Å². The number of pyridine rings is 1. The molecule has 1 aliphatic rings. The summed E-state index contributed by atoms with van der Waals surface area (Å²) in [6, 6.07) is 12.7. The number of nitrogens with two attached hydrogens (primary N) is 2. The van der Waals surface area contributed by atoms with Crippen LogP contribution in [0.25, 0.3) is 22.4 Å². The Bertz CT molecular complexity index is 1250. The van der Waals surface area contributed by atoms with Crippen LogP contribution in [0.4, 0.5) is 5.82 Å². The summed E-state index contributed by atoms with van der Waals surface area (Å²) in [4.78, 5) is 24.3. The number of nitriles is 1. The summed E-state index contributed by atoms with van der Waals surface area (Å²) in [5.74, 6) is 0.902. The van der Waals surface area contributed by atoms with Crippen molar-refractivity contribution in [1.29, 1.82) is 5.26 Å². The van der Waals surface area contributed by atoms with Gasteiger partial charge in [0.15, 0.2) is 11.5 Å². The second-order valence-electron chi connectivity index (χ2n) is 6.74. The van der Waals surface area contributed by atoms with Gasteiger partial charge in [-0.05, 0) is 35.4 Å². The maximum Gasteiger partial charge on any atom is 0.290 e. The standard InChI is InChI=1S/C22H18N4O3.CH2O2/c1-28-17-8-7-13-14(20(17)29-2)9-15-18(16(10-23)21(24)26-19(13)15)11-3-5-12(6-4-11)22(25)27;2-1-3/h3-8H,9H2,1-2H3,(H2,24,26)(H2,25,27);1H,(H,2,3). The van der Waals surface area contributed by atoms with Crippen LogP contribution in [0.2, 0.25) is 0 Å². The van der Waals surface area contributed by atoms with Gasteiger partial charge in [0.1, 0.15) is 17.5 Å². The summed E-state index contributed by atoms with van der Waals surface area (Å²) in [7, 11) is 3.18. The normalized spacial score (nSPS) is 10.7. The van der Waals surface area contributed by atoms with E-state index in [0.29, 0.717) is 40.3 Å². The number of carboxylic acid groups (broad SMARTS) is 1. The Balaban J connectivity index is 0.000000913. The Morgan fingerprint density at radius 1 is 1.16 bits per heavy atom. The molecular weight excluding hydrogens is 412 g/mol. The van der Waals surface area contributed by atoms with Crippen molar-refractivity contribution in [2.24, 2.45) is 5.73 Å². The number of rotatable bonds is 4. The highest BCUT2D eigenvalue weighted by molar-refractivity contribution is 5.94. The van der Waals surface area contributed by atoms with Crippen molar-refractivity contribution < 1.29 is 24.2 Å². The van der Waals surface area contributed by atoms with E-state index in [9.17, 15) is 10.1 Å². The van der Waals surface area contributed by atoms with E-state index < -0.39 is 5.91 Å². The third kappa shape index (κ3) is 3.65. The van der Waals surface area contributed by atoms with Crippen LogP contribution in [-0.4, -0.2) is 36.7 Å². The summed E-state index contributed by atoms with van der Waals surface area (Å²) in [6.07, 6.45) is 0.514. The lowest BCUT2D eigenvalue weighted by atomic mass is 9.93. The predicted octanol–water partition coefficient (Wildman–Crippen LogP) is 2.59. The number of amides is 1. The van der Waals surface area contributed by atoms with Crippen molar-refractivity contribution in [2.75, 3.05) is 20.0 Å². The number of fused-ring (bicyclic) bond motifs is 3. The van der Waals surface area contributed by atoms with Gasteiger partial charge in [-0.1, -0.05) is 12.1 Å². The van der Waals surface area contributed by atoms with E-state index in [4.69, 9.17) is 30.8 Å². The number of ether oxygens (including phenoxy) is 2. The highest BCUT2D eigenvalue weighted by Gasteiger charge is 2.30. The number of aromatic nitrogens is 1. The second kappa shape index (κ2) is 9.06. The molecule has 9 nitrogen and oxygen atoms in total. The Kier molecular flexibility index (Phi) is 6.26. The van der Waals surface area contributed by atoms with Crippen molar-refractivity contribution in [3.8, 4) is 40.0 Å². The first-order valence-corrected chi connectivity index (χ1v) is 9.36. The van der Waals surface area contributed by atoms with Gasteiger partial charge < -0.3 is 26.0 Å². The average molecular weight is 432 g/mol. The SMILES string of the molecule is COc1ccc2c(c1OC)Cc1c-2nc(N)c(C#N)c1-c1ccc(C(N)=O)cc1.O=CO. The Morgan fingerprint density at radius 3 is 2.34 bits per heavy atom. The molecule has 0 spiro atoms. The molecule has 1 heterocycles. The monoisotopic (exact) mass is 432 g/mol. The van der Waals surface area contributed by atoms with Gasteiger partial charge >= 0.3 is 0 Å². The van der Waals surface area contributed by atoms with Gasteiger partial charge in [0.05, 0.1) is 19.9 Å². The van der Waals surface area contributed by atoms with Crippen molar-refractivity contribution in [3.63, 3.8) is 0 Å². The number of hydrogen-bond donors (Lipinski definition) is 3. The fourth-order valence-corrected chi connectivity index (χ4v) is 3.83. The van der Waals surface area contributed by atoms with E-state index in [1.807, 2.05) is 12.1 Å². The van der Waals surface area contributed by atoms with E-state index >= 15 is 0 Å². The number of nitrogens with zero attached hydrogens (tertiary/aromatic N) is 2. The first-order chi connectivity index (χ1) is 15.4. The van der Waals surface area contributed by atoms with Gasteiger partial charge in [-0.3, -0.25) is 9.59 Å². The van der Waals surface area contributed by atoms with E-state index in [1.54, 1.807) is 38.5 Å². The van der Waals surface area contributed by atoms with Crippen LogP contribution in [0.1, 0.15) is 27.0 Å². The van der Waals surface area contributed by atoms with Crippen molar-refractivity contribution in [3.05, 3.63) is 58.7 Å². The van der Waals surface area contributed by atoms with E-state index in [-0.39, 0.29) is 12.3 Å². The molecule has 0 bridgehead atoms. The molecule has 1 aromatic heterocycles. The fourth-order valence-electron chi connectivity index (χ4n) is 3.83. The summed E-state index contributed by atoms with van der Waals surface area (Å²) in [5.41, 5.74) is 17.0. The zero-order valence-electron chi connectivity index (χ0n) is 17.4. The minimum atomic E-state index is -0.513. The smallest absolute Gasteiger partial charge is 0.290 e. The zero-order valence-corrected chi connectivity index (χ0v) is 17.4. The van der Waals surface area contributed by atoms with Crippen LogP contribution in [0, 0.1) is 11.3 Å². The van der Waals surface area contributed by atoms with Crippen LogP contribution in [0.5, 0.6) is 11.5 Å². The molecule has 0 radical (unpaired) electrons. The first-order valence-electron chi connectivity index (χ1n) is 9.36. The van der Waals surface area contributed by atoms with Crippen LogP contribution in [-0.2, 0) is 11.2 Å². The quantitative estimate of drug-likeness (QED) is 0.415. The summed E-state index contributed by atoms with van der Waals surface area (Å²) >= 11 is 0. The summed E-state index contributed by atoms with van der Waals surface area (Å²) < 4.78 is 11.0. The second-order valence-corrected chi connectivity index (χ2v) is 6.74. The highest BCUT2D eigenvalue weighted by atomic mass is 16.5. The van der Waals surface area contributed by atoms with Crippen LogP contribution in [0.15, 0.2) is 36.4 Å². The Morgan fingerprint density at radius 2 is 1.81 bits per heavy atom. The third-order valence-electron chi connectivity index (χ3n) is 5.15. The largest absolute Gasteiger partial charge is 0.493 e. The van der Waals surface area contributed by atoms with Gasteiger partial charge in [-0.25, -0.2) is 4.98 Å². The van der Waals surface area contributed by atoms with Gasteiger partial charge in [-0.2, -0.15) is 5.26 Å². The lowest BCUT2D eigenvalue weighted by molar-refractivity contribution is -0.122. The van der Waals surface area contributed by atoms with Crippen LogP contribution >= 0.6 is 0 Å². The molecule has 32 heavy (non-hydrogen) atoms. The maximum atomic E-state index is 11.4. The fraction of sp³-hybridized carbons (Fsp3) is 0.130. The molecule has 1 aliphatic carbocycles. The molecule has 1 amide bonds. The molecule has 0 saturated heterocycles. The molecule has 162 valence electrons. The van der Waals surface area contributed by atoms with E-state index in [0.717, 1.165) is 22.3 Å². The minimum Gasteiger partial charge on any atom is -0.493 e. The molecule has 0 atom stereocenters. The number of methoxy groups -OCH3 is 2. The maximum absolute atomic E-state index is 11.4. The number of benzene rings is 2. The molecule has 9 heteroatoms. The van der Waals surface area contributed by atoms with Crippen molar-refractivity contribution in [2.45, 2.75) is 6.42 Å². The Hall–Kier alpha value is -4.58. The number of primary amides is 1. The first kappa shape index (κ1) is 22.1. The van der Waals surface area contributed by atoms with Gasteiger partial charge in [0.25, 0.3) is 6.47 Å². The number of nitrogen functional groups attached to an aromatic ring is 1. The molecule has 5 N–H and O–H groups in total. The number of hydrogen-bond acceptors (Lipinski definition) is 7. The van der Waals surface area contributed by atoms with Gasteiger partial charge in [0, 0.05) is 28.7 Å². The Labute approximate surface area is 183 Å². The van der Waals surface area contributed by atoms with Crippen molar-refractivity contribution in [1.82, 2.24) is 4.98 Å². The third-order valence-corrected chi connectivity index (χ3v) is 5.15. The van der Waals surface area contributed by atoms with Gasteiger partial charge in [0.2, 0.25) is 5.91 Å². The number of carbonyl (C=O) groups is 2. The van der Waals surface area contributed by atoms with Crippen molar-refractivity contribution >= 4 is 18.2 Å². The molecule has 4 rings (SSSR count). The average Bonchev–Trinajstić information content (AvgIpc) is 3.16. The van der Waals surface area contributed by atoms with Gasteiger partial charge in [-0.15, -0.1) is 0 Å². The molecule has 0 fully saturated rings. The molecular formula is C23H20N4O5. The highest BCUT2D eigenvalue weighted by Crippen LogP contribution is 2.48. The molecule has 0 saturated carbocycles. The number of anilines is 1. The van der Waals surface area contributed by atoms with E-state index in [2.05, 4.69) is 11.1 Å². The predicted molar refractivity (Wildman–Crippen MR) is 117 cm³/mol. The van der Waals surface area contributed by atoms with E-state index in [1.165, 1.54) is 0 Å². The molecule has 2 aromatic carbocycles. The molecule has 0 unspecified atom stereocenters. The van der Waals surface area contributed by atoms with Crippen LogP contribution in [0.3, 0.4) is 0 Å². The minimum absolute atomic E-state index is 0.155. The zero-order chi connectivity index (χ0) is 23.4.